The third kappa shape index (κ3) is 2.36. The monoisotopic (exact) mass is 262 g/mol. The van der Waals surface area contributed by atoms with Gasteiger partial charge in [-0.15, -0.1) is 11.3 Å². The van der Waals surface area contributed by atoms with Gasteiger partial charge in [0.1, 0.15) is 10.6 Å². The van der Waals surface area contributed by atoms with Crippen LogP contribution in [-0.2, 0) is 0 Å². The van der Waals surface area contributed by atoms with E-state index in [0.717, 1.165) is 5.56 Å². The molecule has 2 aromatic rings. The van der Waals surface area contributed by atoms with Crippen molar-refractivity contribution in [2.45, 2.75) is 13.0 Å². The highest BCUT2D eigenvalue weighted by molar-refractivity contribution is 7.11. The summed E-state index contributed by atoms with van der Waals surface area (Å²) in [7, 11) is 1.72. The van der Waals surface area contributed by atoms with Crippen LogP contribution in [0.15, 0.2) is 36.0 Å². The number of phenolic OH excluding ortho intramolecular Hbond substituents is 1. The van der Waals surface area contributed by atoms with Crippen molar-refractivity contribution in [2.75, 3.05) is 7.05 Å². The zero-order valence-corrected chi connectivity index (χ0v) is 11.0. The van der Waals surface area contributed by atoms with Crippen molar-refractivity contribution in [3.8, 4) is 5.75 Å². The van der Waals surface area contributed by atoms with Crippen molar-refractivity contribution >= 4 is 17.2 Å². The van der Waals surface area contributed by atoms with Crippen LogP contribution in [0, 0.1) is 0 Å². The Kier molecular flexibility index (Phi) is 3.62. The van der Waals surface area contributed by atoms with Gasteiger partial charge in [0, 0.05) is 12.6 Å². The fourth-order valence-electron chi connectivity index (χ4n) is 1.72. The first-order chi connectivity index (χ1) is 8.61. The highest BCUT2D eigenvalue weighted by Gasteiger charge is 2.21. The maximum absolute atomic E-state index is 12.1. The lowest BCUT2D eigenvalue weighted by molar-refractivity contribution is 0.0746. The Labute approximate surface area is 110 Å². The van der Waals surface area contributed by atoms with E-state index in [1.165, 1.54) is 11.3 Å². The molecule has 1 heterocycles. The molecule has 0 fully saturated rings. The molecule has 1 aromatic heterocycles. The average molecular weight is 262 g/mol. The molecule has 5 heteroatoms. The second-order valence-electron chi connectivity index (χ2n) is 4.02. The summed E-state index contributed by atoms with van der Waals surface area (Å²) in [4.78, 5) is 18.2. The minimum atomic E-state index is -0.194. The summed E-state index contributed by atoms with van der Waals surface area (Å²) in [5, 5.41) is 9.79. The molecule has 0 bridgehead atoms. The fraction of sp³-hybridized carbons (Fsp3) is 0.231. The molecule has 18 heavy (non-hydrogen) atoms. The number of carbonyl (C=O) groups is 1. The molecule has 1 amide bonds. The summed E-state index contributed by atoms with van der Waals surface area (Å²) in [5.74, 6) is 0.113. The number of aromatic hydroxyl groups is 1. The maximum Gasteiger partial charge on any atom is 0.265 e. The van der Waals surface area contributed by atoms with Crippen LogP contribution in [0.25, 0.3) is 0 Å². The lowest BCUT2D eigenvalue weighted by Crippen LogP contribution is -2.29. The number of para-hydroxylation sites is 1. The number of hydrogen-bond donors (Lipinski definition) is 1. The first-order valence-corrected chi connectivity index (χ1v) is 6.42. The molecule has 4 nitrogen and oxygen atoms in total. The van der Waals surface area contributed by atoms with Crippen LogP contribution in [-0.4, -0.2) is 27.9 Å². The van der Waals surface area contributed by atoms with E-state index in [9.17, 15) is 9.90 Å². The summed E-state index contributed by atoms with van der Waals surface area (Å²) in [5.41, 5.74) is 2.36. The van der Waals surface area contributed by atoms with Gasteiger partial charge in [0.25, 0.3) is 5.91 Å². The van der Waals surface area contributed by atoms with Crippen LogP contribution in [0.4, 0.5) is 0 Å². The molecule has 0 aliphatic rings. The molecule has 0 radical (unpaired) electrons. The van der Waals surface area contributed by atoms with Crippen LogP contribution in [0.3, 0.4) is 0 Å². The molecule has 2 rings (SSSR count). The standard InChI is InChI=1S/C13H14N2O2S/c1-9(10-5-3-4-6-11(10)16)15(2)13(17)12-7-14-8-18-12/h3-9,16H,1-2H3. The Morgan fingerprint density at radius 2 is 2.17 bits per heavy atom. The number of benzene rings is 1. The van der Waals surface area contributed by atoms with Crippen molar-refractivity contribution in [1.82, 2.24) is 9.88 Å². The first kappa shape index (κ1) is 12.6. The van der Waals surface area contributed by atoms with E-state index in [2.05, 4.69) is 4.98 Å². The van der Waals surface area contributed by atoms with Crippen LogP contribution < -0.4 is 0 Å². The normalized spacial score (nSPS) is 12.1. The Balaban J connectivity index is 2.22. The zero-order chi connectivity index (χ0) is 13.1. The Hall–Kier alpha value is -1.88. The van der Waals surface area contributed by atoms with Gasteiger partial charge in [-0.25, -0.2) is 0 Å². The van der Waals surface area contributed by atoms with Crippen LogP contribution in [0.5, 0.6) is 5.75 Å². The number of phenols is 1. The summed E-state index contributed by atoms with van der Waals surface area (Å²) in [6.45, 7) is 1.88. The van der Waals surface area contributed by atoms with Gasteiger partial charge in [0.05, 0.1) is 17.7 Å². The van der Waals surface area contributed by atoms with Gasteiger partial charge in [-0.05, 0) is 13.0 Å². The molecule has 0 aliphatic heterocycles. The molecule has 1 atom stereocenters. The smallest absolute Gasteiger partial charge is 0.265 e. The SMILES string of the molecule is CC(c1ccccc1O)N(C)C(=O)c1cncs1. The second-order valence-corrected chi connectivity index (χ2v) is 4.90. The van der Waals surface area contributed by atoms with E-state index >= 15 is 0 Å². The number of amides is 1. The number of nitrogens with zero attached hydrogens (tertiary/aromatic N) is 2. The van der Waals surface area contributed by atoms with Crippen LogP contribution in [0.2, 0.25) is 0 Å². The zero-order valence-electron chi connectivity index (χ0n) is 10.2. The molecule has 1 aromatic carbocycles. The molecule has 94 valence electrons. The minimum absolute atomic E-state index is 0.0896. The van der Waals surface area contributed by atoms with E-state index in [0.29, 0.717) is 4.88 Å². The topological polar surface area (TPSA) is 53.4 Å². The molecule has 1 unspecified atom stereocenters. The summed E-state index contributed by atoms with van der Waals surface area (Å²) < 4.78 is 0. The van der Waals surface area contributed by atoms with E-state index in [-0.39, 0.29) is 17.7 Å². The largest absolute Gasteiger partial charge is 0.508 e. The van der Waals surface area contributed by atoms with Crippen LogP contribution in [0.1, 0.15) is 28.2 Å². The van der Waals surface area contributed by atoms with E-state index < -0.39 is 0 Å². The van der Waals surface area contributed by atoms with Gasteiger partial charge >= 0.3 is 0 Å². The average Bonchev–Trinajstić information content (AvgIpc) is 2.90. The van der Waals surface area contributed by atoms with Gasteiger partial charge in [0.2, 0.25) is 0 Å². The number of aromatic nitrogens is 1. The van der Waals surface area contributed by atoms with E-state index in [4.69, 9.17) is 0 Å². The third-order valence-corrected chi connectivity index (χ3v) is 3.69. The van der Waals surface area contributed by atoms with Crippen molar-refractivity contribution < 1.29 is 9.90 Å². The molecule has 1 N–H and O–H groups in total. The number of thiazole rings is 1. The first-order valence-electron chi connectivity index (χ1n) is 5.55. The van der Waals surface area contributed by atoms with Gasteiger partial charge in [-0.3, -0.25) is 9.78 Å². The highest BCUT2D eigenvalue weighted by atomic mass is 32.1. The second kappa shape index (κ2) is 5.18. The molecule has 0 saturated carbocycles. The summed E-state index contributed by atoms with van der Waals surface area (Å²) in [6, 6.07) is 6.85. The predicted molar refractivity (Wildman–Crippen MR) is 70.7 cm³/mol. The Morgan fingerprint density at radius 3 is 2.78 bits per heavy atom. The van der Waals surface area contributed by atoms with Gasteiger partial charge in [-0.2, -0.15) is 0 Å². The third-order valence-electron chi connectivity index (χ3n) is 2.93. The lowest BCUT2D eigenvalue weighted by atomic mass is 10.1. The molecular weight excluding hydrogens is 248 g/mol. The summed E-state index contributed by atoms with van der Waals surface area (Å²) in [6.07, 6.45) is 1.56. The molecule has 0 aliphatic carbocycles. The summed E-state index contributed by atoms with van der Waals surface area (Å²) >= 11 is 1.31. The molecule has 0 saturated heterocycles. The lowest BCUT2D eigenvalue weighted by Gasteiger charge is -2.25. The quantitative estimate of drug-likeness (QED) is 0.925. The van der Waals surface area contributed by atoms with E-state index in [1.54, 1.807) is 35.8 Å². The molecule has 0 spiro atoms. The van der Waals surface area contributed by atoms with Crippen molar-refractivity contribution in [1.29, 1.82) is 0 Å². The van der Waals surface area contributed by atoms with Gasteiger partial charge in [-0.1, -0.05) is 18.2 Å². The van der Waals surface area contributed by atoms with Gasteiger partial charge in [0.15, 0.2) is 0 Å². The number of hydrogen-bond acceptors (Lipinski definition) is 4. The number of carbonyl (C=O) groups excluding carboxylic acids is 1. The fourth-order valence-corrected chi connectivity index (χ4v) is 2.32. The highest BCUT2D eigenvalue weighted by Crippen LogP contribution is 2.28. The van der Waals surface area contributed by atoms with Crippen LogP contribution >= 0.6 is 11.3 Å². The Morgan fingerprint density at radius 1 is 1.44 bits per heavy atom. The van der Waals surface area contributed by atoms with Crippen molar-refractivity contribution in [2.24, 2.45) is 0 Å². The Bertz CT molecular complexity index is 540. The molecular formula is C13H14N2O2S. The van der Waals surface area contributed by atoms with Crippen molar-refractivity contribution in [3.05, 3.63) is 46.4 Å². The predicted octanol–water partition coefficient (Wildman–Crippen LogP) is 2.68. The maximum atomic E-state index is 12.1. The number of rotatable bonds is 3. The van der Waals surface area contributed by atoms with E-state index in [1.807, 2.05) is 19.1 Å². The minimum Gasteiger partial charge on any atom is -0.508 e. The van der Waals surface area contributed by atoms with Gasteiger partial charge < -0.3 is 10.0 Å². The van der Waals surface area contributed by atoms with Crippen molar-refractivity contribution in [3.63, 3.8) is 0 Å².